The summed E-state index contributed by atoms with van der Waals surface area (Å²) in [7, 11) is 0. The number of rotatable bonds is 7. The highest BCUT2D eigenvalue weighted by Gasteiger charge is 2.32. The van der Waals surface area contributed by atoms with E-state index in [2.05, 4.69) is 6.92 Å². The van der Waals surface area contributed by atoms with Gasteiger partial charge in [-0.25, -0.2) is 0 Å². The normalized spacial score (nSPS) is 14.7. The summed E-state index contributed by atoms with van der Waals surface area (Å²) in [5, 5.41) is 0. The lowest BCUT2D eigenvalue weighted by Gasteiger charge is -2.32. The van der Waals surface area contributed by atoms with E-state index in [4.69, 9.17) is 5.73 Å². The van der Waals surface area contributed by atoms with E-state index >= 15 is 0 Å². The average molecular weight is 214 g/mol. The fraction of sp³-hybridized carbons (Fsp3) is 0.917. The Morgan fingerprint density at radius 2 is 1.93 bits per heavy atom. The molecule has 0 spiro atoms. The minimum atomic E-state index is -0.371. The zero-order chi connectivity index (χ0) is 11.9. The lowest BCUT2D eigenvalue weighted by atomic mass is 9.86. The van der Waals surface area contributed by atoms with Gasteiger partial charge >= 0.3 is 0 Å². The summed E-state index contributed by atoms with van der Waals surface area (Å²) in [6.07, 6.45) is 3.00. The lowest BCUT2D eigenvalue weighted by Crippen LogP contribution is -2.46. The second kappa shape index (κ2) is 6.83. The van der Waals surface area contributed by atoms with Crippen molar-refractivity contribution in [3.63, 3.8) is 0 Å². The Labute approximate surface area is 94.0 Å². The minimum Gasteiger partial charge on any atom is -0.342 e. The van der Waals surface area contributed by atoms with Gasteiger partial charge in [0.2, 0.25) is 5.91 Å². The van der Waals surface area contributed by atoms with Crippen LogP contribution in [-0.2, 0) is 4.79 Å². The molecule has 0 aliphatic carbocycles. The van der Waals surface area contributed by atoms with E-state index in [0.717, 1.165) is 32.4 Å². The maximum Gasteiger partial charge on any atom is 0.229 e. The first-order chi connectivity index (χ1) is 7.05. The van der Waals surface area contributed by atoms with Gasteiger partial charge in [-0.2, -0.15) is 0 Å². The molecule has 0 rings (SSSR count). The Morgan fingerprint density at radius 3 is 2.27 bits per heavy atom. The summed E-state index contributed by atoms with van der Waals surface area (Å²) >= 11 is 0. The van der Waals surface area contributed by atoms with Crippen LogP contribution < -0.4 is 5.73 Å². The van der Waals surface area contributed by atoms with Gasteiger partial charge in [-0.15, -0.1) is 0 Å². The number of nitrogens with two attached hydrogens (primary N) is 1. The van der Waals surface area contributed by atoms with Crippen molar-refractivity contribution in [2.75, 3.05) is 19.6 Å². The molecule has 90 valence electrons. The molecule has 0 aromatic rings. The molecule has 3 heteroatoms. The van der Waals surface area contributed by atoms with E-state index in [0.29, 0.717) is 6.54 Å². The van der Waals surface area contributed by atoms with Crippen molar-refractivity contribution in [1.82, 2.24) is 4.90 Å². The Bertz CT molecular complexity index is 188. The van der Waals surface area contributed by atoms with Crippen molar-refractivity contribution in [2.24, 2.45) is 11.1 Å². The standard InChI is InChI=1S/C12H26N2O/c1-5-8-9-14(7-3)11(15)12(4,6-2)10-13/h5-10,13H2,1-4H3. The van der Waals surface area contributed by atoms with Crippen LogP contribution in [0.2, 0.25) is 0 Å². The Balaban J connectivity index is 4.48. The molecular weight excluding hydrogens is 188 g/mol. The molecule has 0 fully saturated rings. The van der Waals surface area contributed by atoms with Crippen molar-refractivity contribution in [2.45, 2.75) is 47.0 Å². The van der Waals surface area contributed by atoms with E-state index in [1.54, 1.807) is 0 Å². The number of hydrogen-bond donors (Lipinski definition) is 1. The Morgan fingerprint density at radius 1 is 1.33 bits per heavy atom. The predicted molar refractivity (Wildman–Crippen MR) is 64.6 cm³/mol. The third-order valence-corrected chi connectivity index (χ3v) is 3.20. The number of nitrogens with zero attached hydrogens (tertiary/aromatic N) is 1. The molecule has 0 aliphatic heterocycles. The first kappa shape index (κ1) is 14.4. The molecule has 15 heavy (non-hydrogen) atoms. The van der Waals surface area contributed by atoms with Crippen LogP contribution in [0.5, 0.6) is 0 Å². The van der Waals surface area contributed by atoms with Crippen LogP contribution in [0.1, 0.15) is 47.0 Å². The van der Waals surface area contributed by atoms with Gasteiger partial charge < -0.3 is 10.6 Å². The van der Waals surface area contributed by atoms with Gasteiger partial charge in [-0.05, 0) is 26.7 Å². The summed E-state index contributed by atoms with van der Waals surface area (Å²) in [4.78, 5) is 14.1. The van der Waals surface area contributed by atoms with E-state index in [-0.39, 0.29) is 11.3 Å². The van der Waals surface area contributed by atoms with Gasteiger partial charge in [0.15, 0.2) is 0 Å². The SMILES string of the molecule is CCCCN(CC)C(=O)C(C)(CC)CN. The quantitative estimate of drug-likeness (QED) is 0.704. The zero-order valence-corrected chi connectivity index (χ0v) is 10.7. The zero-order valence-electron chi connectivity index (χ0n) is 10.7. The van der Waals surface area contributed by atoms with Crippen molar-refractivity contribution >= 4 is 5.91 Å². The van der Waals surface area contributed by atoms with Crippen LogP contribution in [0.15, 0.2) is 0 Å². The summed E-state index contributed by atoms with van der Waals surface area (Å²) in [5.41, 5.74) is 5.32. The lowest BCUT2D eigenvalue weighted by molar-refractivity contribution is -0.140. The van der Waals surface area contributed by atoms with Crippen LogP contribution in [-0.4, -0.2) is 30.4 Å². The van der Waals surface area contributed by atoms with Crippen LogP contribution in [0.4, 0.5) is 0 Å². The van der Waals surface area contributed by atoms with E-state index in [1.807, 2.05) is 25.7 Å². The fourth-order valence-corrected chi connectivity index (χ4v) is 1.52. The molecule has 0 aromatic carbocycles. The molecule has 0 saturated heterocycles. The molecule has 0 aromatic heterocycles. The van der Waals surface area contributed by atoms with Crippen LogP contribution >= 0.6 is 0 Å². The second-order valence-corrected chi connectivity index (χ2v) is 4.36. The highest BCUT2D eigenvalue weighted by Crippen LogP contribution is 2.22. The molecule has 0 heterocycles. The van der Waals surface area contributed by atoms with Crippen molar-refractivity contribution in [3.8, 4) is 0 Å². The molecule has 3 nitrogen and oxygen atoms in total. The minimum absolute atomic E-state index is 0.212. The number of carbonyl (C=O) groups is 1. The summed E-state index contributed by atoms with van der Waals surface area (Å²) in [5.74, 6) is 0.212. The Kier molecular flexibility index (Phi) is 6.57. The van der Waals surface area contributed by atoms with Crippen molar-refractivity contribution in [1.29, 1.82) is 0 Å². The second-order valence-electron chi connectivity index (χ2n) is 4.36. The summed E-state index contributed by atoms with van der Waals surface area (Å²) < 4.78 is 0. The molecule has 1 atom stereocenters. The van der Waals surface area contributed by atoms with Gasteiger partial charge in [0.05, 0.1) is 5.41 Å². The maximum absolute atomic E-state index is 12.2. The van der Waals surface area contributed by atoms with E-state index in [1.165, 1.54) is 0 Å². The highest BCUT2D eigenvalue weighted by atomic mass is 16.2. The Hall–Kier alpha value is -0.570. The van der Waals surface area contributed by atoms with Crippen LogP contribution in [0.25, 0.3) is 0 Å². The number of unbranched alkanes of at least 4 members (excludes halogenated alkanes) is 1. The topological polar surface area (TPSA) is 46.3 Å². The third-order valence-electron chi connectivity index (χ3n) is 3.20. The van der Waals surface area contributed by atoms with Gasteiger partial charge in [-0.1, -0.05) is 20.3 Å². The molecule has 0 aliphatic rings. The van der Waals surface area contributed by atoms with Gasteiger partial charge in [0.25, 0.3) is 0 Å². The number of amides is 1. The predicted octanol–water partition coefficient (Wildman–Crippen LogP) is 2.01. The van der Waals surface area contributed by atoms with Gasteiger partial charge in [-0.3, -0.25) is 4.79 Å². The van der Waals surface area contributed by atoms with E-state index < -0.39 is 0 Å². The van der Waals surface area contributed by atoms with Gasteiger partial charge in [0.1, 0.15) is 0 Å². The molecular formula is C12H26N2O. The largest absolute Gasteiger partial charge is 0.342 e. The molecule has 0 bridgehead atoms. The molecule has 2 N–H and O–H groups in total. The van der Waals surface area contributed by atoms with Crippen molar-refractivity contribution < 1.29 is 4.79 Å². The van der Waals surface area contributed by atoms with Crippen molar-refractivity contribution in [3.05, 3.63) is 0 Å². The molecule has 0 radical (unpaired) electrons. The molecule has 1 amide bonds. The van der Waals surface area contributed by atoms with Crippen LogP contribution in [0, 0.1) is 5.41 Å². The van der Waals surface area contributed by atoms with Gasteiger partial charge in [0, 0.05) is 19.6 Å². The first-order valence-corrected chi connectivity index (χ1v) is 6.05. The number of hydrogen-bond acceptors (Lipinski definition) is 2. The highest BCUT2D eigenvalue weighted by molar-refractivity contribution is 5.82. The first-order valence-electron chi connectivity index (χ1n) is 6.05. The maximum atomic E-state index is 12.2. The third kappa shape index (κ3) is 3.82. The average Bonchev–Trinajstić information content (AvgIpc) is 2.28. The fourth-order valence-electron chi connectivity index (χ4n) is 1.52. The van der Waals surface area contributed by atoms with E-state index in [9.17, 15) is 4.79 Å². The smallest absolute Gasteiger partial charge is 0.229 e. The number of carbonyl (C=O) groups excluding carboxylic acids is 1. The summed E-state index contributed by atoms with van der Waals surface area (Å²) in [6, 6.07) is 0. The monoisotopic (exact) mass is 214 g/mol. The summed E-state index contributed by atoms with van der Waals surface area (Å²) in [6.45, 7) is 10.2. The molecule has 1 unspecified atom stereocenters. The molecule has 0 saturated carbocycles. The van der Waals surface area contributed by atoms with Crippen LogP contribution in [0.3, 0.4) is 0 Å².